The van der Waals surface area contributed by atoms with Gasteiger partial charge in [-0.15, -0.1) is 0 Å². The number of methoxy groups -OCH3 is 1. The average molecular weight is 405 g/mol. The fourth-order valence-electron chi connectivity index (χ4n) is 2.44. The topological polar surface area (TPSA) is 84.0 Å². The van der Waals surface area contributed by atoms with Crippen LogP contribution >= 0.6 is 11.6 Å². The van der Waals surface area contributed by atoms with Crippen LogP contribution in [0, 0.1) is 0 Å². The van der Waals surface area contributed by atoms with Crippen LogP contribution < -0.4 is 25.4 Å². The second-order valence-corrected chi connectivity index (χ2v) is 6.07. The van der Waals surface area contributed by atoms with Gasteiger partial charge in [0.05, 0.1) is 24.3 Å². The fourth-order valence-corrected chi connectivity index (χ4v) is 2.66. The lowest BCUT2D eigenvalue weighted by molar-refractivity contribution is 0.0954. The Bertz CT molecular complexity index is 827. The largest absolute Gasteiger partial charge is 0.493 e. The number of benzene rings is 2. The molecule has 0 spiro atoms. The summed E-state index contributed by atoms with van der Waals surface area (Å²) < 4.78 is 10.9. The van der Waals surface area contributed by atoms with Crippen LogP contribution in [0.5, 0.6) is 11.5 Å². The first kappa shape index (κ1) is 21.4. The average Bonchev–Trinajstić information content (AvgIpc) is 2.71. The smallest absolute Gasteiger partial charge is 0.252 e. The molecule has 2 aromatic carbocycles. The summed E-state index contributed by atoms with van der Waals surface area (Å²) in [5, 5.41) is 9.56. The zero-order valence-electron chi connectivity index (χ0n) is 16.2. The molecule has 2 aromatic rings. The van der Waals surface area contributed by atoms with Gasteiger partial charge >= 0.3 is 0 Å². The van der Waals surface area contributed by atoms with Gasteiger partial charge in [0.15, 0.2) is 17.5 Å². The highest BCUT2D eigenvalue weighted by Crippen LogP contribution is 2.30. The molecule has 0 heterocycles. The molecule has 1 amide bonds. The number of halogens is 1. The highest BCUT2D eigenvalue weighted by atomic mass is 35.5. The second-order valence-electron chi connectivity index (χ2n) is 5.66. The molecule has 0 fully saturated rings. The van der Waals surface area contributed by atoms with Gasteiger partial charge in [-0.2, -0.15) is 0 Å². The summed E-state index contributed by atoms with van der Waals surface area (Å²) in [5.41, 5.74) is 1.26. The summed E-state index contributed by atoms with van der Waals surface area (Å²) in [7, 11) is 3.27. The number of anilines is 1. The Morgan fingerprint density at radius 3 is 2.54 bits per heavy atom. The minimum Gasteiger partial charge on any atom is -0.493 e. The van der Waals surface area contributed by atoms with Crippen molar-refractivity contribution in [1.82, 2.24) is 10.6 Å². The molecule has 0 aliphatic carbocycles. The van der Waals surface area contributed by atoms with E-state index in [1.54, 1.807) is 38.4 Å². The molecule has 28 heavy (non-hydrogen) atoms. The Morgan fingerprint density at radius 2 is 1.86 bits per heavy atom. The van der Waals surface area contributed by atoms with Crippen molar-refractivity contribution in [1.29, 1.82) is 0 Å². The number of hydrogen-bond acceptors (Lipinski definition) is 4. The molecule has 2 rings (SSSR count). The van der Waals surface area contributed by atoms with Gasteiger partial charge in [-0.3, -0.25) is 9.79 Å². The number of aliphatic imine (C=N–C) groups is 1. The number of nitrogens with one attached hydrogen (secondary N) is 3. The van der Waals surface area contributed by atoms with Gasteiger partial charge in [-0.1, -0.05) is 23.7 Å². The summed E-state index contributed by atoms with van der Waals surface area (Å²) in [6.45, 7) is 3.36. The standard InChI is InChI=1S/C20H25ClN4O3/c1-4-28-18-13-14(9-10-17(18)27-3)25-20(22-2)24-12-11-23-19(26)15-7-5-6-8-16(15)21/h5-10,13H,4,11-12H2,1-3H3,(H,23,26)(H2,22,24,25). The van der Waals surface area contributed by atoms with Gasteiger partial charge in [-0.05, 0) is 31.2 Å². The maximum absolute atomic E-state index is 12.1. The third kappa shape index (κ3) is 6.06. The fraction of sp³-hybridized carbons (Fsp3) is 0.300. The summed E-state index contributed by atoms with van der Waals surface area (Å²) in [6, 6.07) is 12.5. The molecule has 150 valence electrons. The Labute approximate surface area is 170 Å². The number of carbonyl (C=O) groups is 1. The lowest BCUT2D eigenvalue weighted by Crippen LogP contribution is -2.37. The lowest BCUT2D eigenvalue weighted by atomic mass is 10.2. The Balaban J connectivity index is 1.85. The van der Waals surface area contributed by atoms with Crippen LogP contribution in [0.2, 0.25) is 5.02 Å². The molecular formula is C20H25ClN4O3. The molecule has 0 unspecified atom stereocenters. The highest BCUT2D eigenvalue weighted by molar-refractivity contribution is 6.33. The third-order valence-electron chi connectivity index (χ3n) is 3.77. The maximum Gasteiger partial charge on any atom is 0.252 e. The number of carbonyl (C=O) groups excluding carboxylic acids is 1. The first-order valence-electron chi connectivity index (χ1n) is 8.90. The zero-order chi connectivity index (χ0) is 20.4. The van der Waals surface area contributed by atoms with Gasteiger partial charge in [0.25, 0.3) is 5.91 Å². The summed E-state index contributed by atoms with van der Waals surface area (Å²) in [5.74, 6) is 1.67. The zero-order valence-corrected chi connectivity index (χ0v) is 17.0. The predicted octanol–water partition coefficient (Wildman–Crippen LogP) is 3.16. The van der Waals surface area contributed by atoms with Crippen LogP contribution in [0.25, 0.3) is 0 Å². The van der Waals surface area contributed by atoms with E-state index >= 15 is 0 Å². The quantitative estimate of drug-likeness (QED) is 0.357. The number of hydrogen-bond donors (Lipinski definition) is 3. The summed E-state index contributed by atoms with van der Waals surface area (Å²) >= 11 is 6.03. The van der Waals surface area contributed by atoms with Gasteiger partial charge in [0.2, 0.25) is 0 Å². The number of ether oxygens (including phenoxy) is 2. The van der Waals surface area contributed by atoms with Crippen LogP contribution in [-0.2, 0) is 0 Å². The van der Waals surface area contributed by atoms with E-state index < -0.39 is 0 Å². The van der Waals surface area contributed by atoms with E-state index in [1.165, 1.54) is 0 Å². The summed E-state index contributed by atoms with van der Waals surface area (Å²) in [4.78, 5) is 16.3. The minimum absolute atomic E-state index is 0.216. The van der Waals surface area contributed by atoms with Crippen molar-refractivity contribution in [3.8, 4) is 11.5 Å². The first-order valence-corrected chi connectivity index (χ1v) is 9.28. The molecule has 3 N–H and O–H groups in total. The molecule has 0 aliphatic heterocycles. The SMILES string of the molecule is CCOc1cc(NC(=NC)NCCNC(=O)c2ccccc2Cl)ccc1OC. The van der Waals surface area contributed by atoms with Crippen molar-refractivity contribution < 1.29 is 14.3 Å². The number of nitrogens with zero attached hydrogens (tertiary/aromatic N) is 1. The van der Waals surface area contributed by atoms with Crippen molar-refractivity contribution >= 4 is 29.2 Å². The van der Waals surface area contributed by atoms with Crippen LogP contribution in [0.15, 0.2) is 47.5 Å². The molecule has 8 heteroatoms. The highest BCUT2D eigenvalue weighted by Gasteiger charge is 2.09. The van der Waals surface area contributed by atoms with Crippen molar-refractivity contribution in [2.24, 2.45) is 4.99 Å². The van der Waals surface area contributed by atoms with E-state index in [-0.39, 0.29) is 5.91 Å². The van der Waals surface area contributed by atoms with E-state index in [1.807, 2.05) is 25.1 Å². The molecule has 0 radical (unpaired) electrons. The molecule has 0 saturated heterocycles. The van der Waals surface area contributed by atoms with Gasteiger partial charge in [0, 0.05) is 31.9 Å². The second kappa shape index (κ2) is 11.0. The summed E-state index contributed by atoms with van der Waals surface area (Å²) in [6.07, 6.45) is 0. The first-order chi connectivity index (χ1) is 13.6. The lowest BCUT2D eigenvalue weighted by Gasteiger charge is -2.15. The molecule has 0 aromatic heterocycles. The van der Waals surface area contributed by atoms with Crippen molar-refractivity contribution in [3.05, 3.63) is 53.1 Å². The number of guanidine groups is 1. The Morgan fingerprint density at radius 1 is 1.11 bits per heavy atom. The normalized spacial score (nSPS) is 10.9. The van der Waals surface area contributed by atoms with Gasteiger partial charge < -0.3 is 25.4 Å². The van der Waals surface area contributed by atoms with E-state index in [2.05, 4.69) is 20.9 Å². The Kier molecular flexibility index (Phi) is 8.42. The molecule has 0 aliphatic rings. The monoisotopic (exact) mass is 404 g/mol. The van der Waals surface area contributed by atoms with E-state index in [0.717, 1.165) is 5.69 Å². The van der Waals surface area contributed by atoms with Gasteiger partial charge in [0.1, 0.15) is 0 Å². The molecular weight excluding hydrogens is 380 g/mol. The van der Waals surface area contributed by atoms with E-state index in [0.29, 0.717) is 47.7 Å². The number of amides is 1. The van der Waals surface area contributed by atoms with Crippen LogP contribution in [0.3, 0.4) is 0 Å². The van der Waals surface area contributed by atoms with Crippen molar-refractivity contribution in [3.63, 3.8) is 0 Å². The molecule has 0 saturated carbocycles. The van der Waals surface area contributed by atoms with Crippen LogP contribution in [0.4, 0.5) is 5.69 Å². The maximum atomic E-state index is 12.1. The predicted molar refractivity (Wildman–Crippen MR) is 113 cm³/mol. The van der Waals surface area contributed by atoms with E-state index in [9.17, 15) is 4.79 Å². The third-order valence-corrected chi connectivity index (χ3v) is 4.10. The van der Waals surface area contributed by atoms with Crippen LogP contribution in [-0.4, -0.2) is 45.7 Å². The number of rotatable bonds is 8. The Hall–Kier alpha value is -2.93. The molecule has 7 nitrogen and oxygen atoms in total. The van der Waals surface area contributed by atoms with Crippen molar-refractivity contribution in [2.45, 2.75) is 6.92 Å². The van der Waals surface area contributed by atoms with Crippen LogP contribution in [0.1, 0.15) is 17.3 Å². The molecule has 0 bridgehead atoms. The van der Waals surface area contributed by atoms with Gasteiger partial charge in [-0.25, -0.2) is 0 Å². The minimum atomic E-state index is -0.216. The van der Waals surface area contributed by atoms with Crippen molar-refractivity contribution in [2.75, 3.05) is 39.2 Å². The molecule has 0 atom stereocenters. The van der Waals surface area contributed by atoms with E-state index in [4.69, 9.17) is 21.1 Å².